The number of carbonyl (C=O) groups is 1. The van der Waals surface area contributed by atoms with Crippen LogP contribution in [0.4, 0.5) is 32.0 Å². The molecule has 2 N–H and O–H groups in total. The van der Waals surface area contributed by atoms with E-state index in [4.69, 9.17) is 5.11 Å². The van der Waals surface area contributed by atoms with E-state index in [0.717, 1.165) is 13.0 Å². The first-order valence-corrected chi connectivity index (χ1v) is 8.13. The fraction of sp³-hybridized carbons (Fsp3) is 0.231. The summed E-state index contributed by atoms with van der Waals surface area (Å²) >= 11 is 0. The Morgan fingerprint density at radius 2 is 1.74 bits per heavy atom. The highest BCUT2D eigenvalue weighted by atomic mass is 32.2. The summed E-state index contributed by atoms with van der Waals surface area (Å²) in [6.45, 7) is 1.12. The molecule has 0 bridgehead atoms. The van der Waals surface area contributed by atoms with Crippen LogP contribution in [0.2, 0.25) is 0 Å². The molecule has 7 nitrogen and oxygen atoms in total. The standard InChI is InChI=1S/C13H8F6N2O5S/c1-5-4-6(12(14,15)16)2-3-7(5)21-27(24,25)11-20-9(13(17,18)19)8(26-11)10(22)23/h2-4,21H,1H3,(H,22,23). The Morgan fingerprint density at radius 3 is 2.15 bits per heavy atom. The summed E-state index contributed by atoms with van der Waals surface area (Å²) in [5.74, 6) is -3.95. The van der Waals surface area contributed by atoms with Gasteiger partial charge in [-0.3, -0.25) is 4.72 Å². The van der Waals surface area contributed by atoms with Crippen LogP contribution in [-0.4, -0.2) is 24.5 Å². The van der Waals surface area contributed by atoms with E-state index < -0.39 is 56.3 Å². The second-order valence-electron chi connectivity index (χ2n) is 5.09. The van der Waals surface area contributed by atoms with Gasteiger partial charge in [-0.25, -0.2) is 4.79 Å². The zero-order valence-corrected chi connectivity index (χ0v) is 13.8. The zero-order valence-electron chi connectivity index (χ0n) is 12.9. The number of aromatic carboxylic acids is 1. The van der Waals surface area contributed by atoms with Crippen LogP contribution in [0.25, 0.3) is 0 Å². The maximum atomic E-state index is 12.7. The zero-order chi connectivity index (χ0) is 20.8. The summed E-state index contributed by atoms with van der Waals surface area (Å²) in [6, 6.07) is 1.89. The van der Waals surface area contributed by atoms with Crippen LogP contribution >= 0.6 is 0 Å². The van der Waals surface area contributed by atoms with Gasteiger partial charge in [0.2, 0.25) is 5.76 Å². The summed E-state index contributed by atoms with van der Waals surface area (Å²) < 4.78 is 106. The Labute approximate surface area is 146 Å². The number of hydrogen-bond donors (Lipinski definition) is 2. The Morgan fingerprint density at radius 1 is 1.15 bits per heavy atom. The molecule has 2 aromatic rings. The topological polar surface area (TPSA) is 110 Å². The summed E-state index contributed by atoms with van der Waals surface area (Å²) in [5.41, 5.74) is -3.74. The first-order valence-electron chi connectivity index (χ1n) is 6.65. The number of nitrogens with one attached hydrogen (secondary N) is 1. The number of nitrogens with zero attached hydrogens (tertiary/aromatic N) is 1. The third kappa shape index (κ3) is 4.32. The van der Waals surface area contributed by atoms with E-state index in [9.17, 15) is 39.6 Å². The van der Waals surface area contributed by atoms with Crippen LogP contribution < -0.4 is 4.72 Å². The Balaban J connectivity index is 2.45. The van der Waals surface area contributed by atoms with E-state index in [-0.39, 0.29) is 5.56 Å². The van der Waals surface area contributed by atoms with Crippen LogP contribution in [0, 0.1) is 6.92 Å². The number of carboxylic acids is 1. The Kier molecular flexibility index (Phi) is 4.90. The van der Waals surface area contributed by atoms with Gasteiger partial charge in [-0.15, -0.1) is 0 Å². The van der Waals surface area contributed by atoms with Gasteiger partial charge >= 0.3 is 33.6 Å². The van der Waals surface area contributed by atoms with E-state index >= 15 is 0 Å². The Bertz CT molecular complexity index is 994. The van der Waals surface area contributed by atoms with Crippen molar-refractivity contribution in [3.05, 3.63) is 40.8 Å². The van der Waals surface area contributed by atoms with Crippen molar-refractivity contribution in [2.24, 2.45) is 0 Å². The first kappa shape index (κ1) is 20.5. The van der Waals surface area contributed by atoms with Crippen LogP contribution in [0.1, 0.15) is 27.4 Å². The van der Waals surface area contributed by atoms with Gasteiger partial charge in [-0.2, -0.15) is 39.7 Å². The molecule has 0 atom stereocenters. The largest absolute Gasteiger partial charge is 0.475 e. The molecule has 0 aliphatic heterocycles. The van der Waals surface area contributed by atoms with Gasteiger partial charge < -0.3 is 9.52 Å². The molecule has 0 radical (unpaired) electrons. The van der Waals surface area contributed by atoms with Gasteiger partial charge in [0.05, 0.1) is 11.3 Å². The van der Waals surface area contributed by atoms with E-state index in [1.807, 2.05) is 0 Å². The summed E-state index contributed by atoms with van der Waals surface area (Å²) in [7, 11) is -4.95. The number of oxazole rings is 1. The maximum Gasteiger partial charge on any atom is 0.437 e. The summed E-state index contributed by atoms with van der Waals surface area (Å²) in [4.78, 5) is 13.5. The number of halogens is 6. The van der Waals surface area contributed by atoms with Gasteiger partial charge in [0.25, 0.3) is 0 Å². The third-order valence-corrected chi connectivity index (χ3v) is 4.22. The quantitative estimate of drug-likeness (QED) is 0.736. The van der Waals surface area contributed by atoms with Crippen molar-refractivity contribution in [1.82, 2.24) is 4.98 Å². The molecule has 0 fully saturated rings. The molecule has 0 aliphatic rings. The molecule has 0 amide bonds. The molecular weight excluding hydrogens is 410 g/mol. The lowest BCUT2D eigenvalue weighted by Gasteiger charge is -2.12. The number of aryl methyl sites for hydroxylation is 1. The highest BCUT2D eigenvalue weighted by Crippen LogP contribution is 2.34. The van der Waals surface area contributed by atoms with Gasteiger partial charge in [0.15, 0.2) is 5.69 Å². The second kappa shape index (κ2) is 6.44. The normalized spacial score (nSPS) is 12.9. The van der Waals surface area contributed by atoms with E-state index in [1.54, 1.807) is 4.72 Å². The lowest BCUT2D eigenvalue weighted by atomic mass is 10.1. The first-order chi connectivity index (χ1) is 12.1. The fourth-order valence-corrected chi connectivity index (χ4v) is 2.91. The average molecular weight is 418 g/mol. The smallest absolute Gasteiger partial charge is 0.437 e. The summed E-state index contributed by atoms with van der Waals surface area (Å²) in [5, 5.41) is 7.09. The number of benzene rings is 1. The number of hydrogen-bond acceptors (Lipinski definition) is 5. The highest BCUT2D eigenvalue weighted by Gasteiger charge is 2.43. The van der Waals surface area contributed by atoms with Crippen molar-refractivity contribution >= 4 is 21.7 Å². The van der Waals surface area contributed by atoms with Gasteiger partial charge in [-0.05, 0) is 30.7 Å². The predicted molar refractivity (Wildman–Crippen MR) is 75.5 cm³/mol. The highest BCUT2D eigenvalue weighted by molar-refractivity contribution is 7.92. The maximum absolute atomic E-state index is 12.7. The van der Waals surface area contributed by atoms with Crippen LogP contribution in [-0.2, 0) is 22.4 Å². The second-order valence-corrected chi connectivity index (χ2v) is 6.65. The number of anilines is 1. The molecule has 0 saturated carbocycles. The average Bonchev–Trinajstić information content (AvgIpc) is 2.94. The molecule has 1 heterocycles. The molecule has 1 aromatic carbocycles. The molecule has 1 aromatic heterocycles. The number of aromatic nitrogens is 1. The van der Waals surface area contributed by atoms with Gasteiger partial charge in [0.1, 0.15) is 0 Å². The van der Waals surface area contributed by atoms with Crippen LogP contribution in [0.5, 0.6) is 0 Å². The molecule has 148 valence electrons. The van der Waals surface area contributed by atoms with Gasteiger partial charge in [0, 0.05) is 0 Å². The third-order valence-electron chi connectivity index (χ3n) is 3.10. The lowest BCUT2D eigenvalue weighted by molar-refractivity contribution is -0.142. The minimum Gasteiger partial charge on any atom is -0.475 e. The van der Waals surface area contributed by atoms with Crippen molar-refractivity contribution in [2.45, 2.75) is 24.5 Å². The molecular formula is C13H8F6N2O5S. The van der Waals surface area contributed by atoms with E-state index in [2.05, 4.69) is 9.40 Å². The molecule has 27 heavy (non-hydrogen) atoms. The lowest BCUT2D eigenvalue weighted by Crippen LogP contribution is -2.16. The van der Waals surface area contributed by atoms with Crippen molar-refractivity contribution in [3.8, 4) is 0 Å². The predicted octanol–water partition coefficient (Wildman–Crippen LogP) is 3.52. The van der Waals surface area contributed by atoms with Crippen molar-refractivity contribution in [3.63, 3.8) is 0 Å². The van der Waals surface area contributed by atoms with Gasteiger partial charge in [-0.1, -0.05) is 0 Å². The van der Waals surface area contributed by atoms with Crippen molar-refractivity contribution in [1.29, 1.82) is 0 Å². The molecule has 0 unspecified atom stereocenters. The number of sulfonamides is 1. The number of alkyl halides is 6. The molecule has 0 spiro atoms. The number of carboxylic acid groups (broad SMARTS) is 1. The Hall–Kier alpha value is -2.77. The van der Waals surface area contributed by atoms with E-state index in [1.165, 1.54) is 0 Å². The number of rotatable bonds is 4. The molecule has 0 saturated heterocycles. The van der Waals surface area contributed by atoms with Crippen molar-refractivity contribution < 1.29 is 49.1 Å². The molecule has 0 aliphatic carbocycles. The van der Waals surface area contributed by atoms with Crippen molar-refractivity contribution in [2.75, 3.05) is 4.72 Å². The molecule has 2 rings (SSSR count). The fourth-order valence-electron chi connectivity index (χ4n) is 1.90. The minimum atomic E-state index is -5.31. The molecule has 14 heteroatoms. The SMILES string of the molecule is Cc1cc(C(F)(F)F)ccc1NS(=O)(=O)c1nc(C(F)(F)F)c(C(=O)O)o1. The monoisotopic (exact) mass is 418 g/mol. The summed E-state index contributed by atoms with van der Waals surface area (Å²) in [6.07, 6.45) is -10.0. The van der Waals surface area contributed by atoms with Crippen LogP contribution in [0.3, 0.4) is 0 Å². The minimum absolute atomic E-state index is 0.200. The van der Waals surface area contributed by atoms with Crippen LogP contribution in [0.15, 0.2) is 27.8 Å². The van der Waals surface area contributed by atoms with E-state index in [0.29, 0.717) is 12.1 Å².